The lowest BCUT2D eigenvalue weighted by atomic mass is 9.65. The van der Waals surface area contributed by atoms with Gasteiger partial charge in [-0.3, -0.25) is 0 Å². The molecule has 296 valence electrons. The molecule has 1 saturated heterocycles. The summed E-state index contributed by atoms with van der Waals surface area (Å²) < 4.78 is 2.44. The highest BCUT2D eigenvalue weighted by Crippen LogP contribution is 2.60. The van der Waals surface area contributed by atoms with Crippen LogP contribution in [0.15, 0.2) is 156 Å². The number of hydrogen-bond acceptors (Lipinski definition) is 4. The molecule has 2 saturated carbocycles. The minimum atomic E-state index is -0.917. The van der Waals surface area contributed by atoms with Gasteiger partial charge in [-0.25, -0.2) is 9.98 Å². The molecule has 8 atom stereocenters. The quantitative estimate of drug-likeness (QED) is 0.183. The molecule has 3 aliphatic carbocycles. The van der Waals surface area contributed by atoms with Crippen molar-refractivity contribution < 1.29 is 0 Å². The van der Waals surface area contributed by atoms with Crippen molar-refractivity contribution in [2.45, 2.75) is 88.9 Å². The van der Waals surface area contributed by atoms with Crippen molar-refractivity contribution >= 4 is 39.0 Å². The number of benzene rings is 5. The normalized spacial score (nSPS) is 30.1. The van der Waals surface area contributed by atoms with E-state index >= 15 is 0 Å². The van der Waals surface area contributed by atoms with Gasteiger partial charge < -0.3 is 15.2 Å². The van der Waals surface area contributed by atoms with Crippen molar-refractivity contribution in [3.63, 3.8) is 0 Å². The van der Waals surface area contributed by atoms with Crippen LogP contribution in [0.4, 0.5) is 5.69 Å². The van der Waals surface area contributed by atoms with E-state index in [1.165, 1.54) is 82.0 Å². The molecule has 0 bridgehead atoms. The number of aliphatic imine (C=N–C) groups is 2. The second-order valence-electron chi connectivity index (χ2n) is 18.5. The molecule has 8 unspecified atom stereocenters. The lowest BCUT2D eigenvalue weighted by Gasteiger charge is -2.49. The highest BCUT2D eigenvalue weighted by atomic mass is 15.3. The van der Waals surface area contributed by atoms with E-state index in [1.807, 2.05) is 0 Å². The number of hydrogen-bond donors (Lipinski definition) is 1. The van der Waals surface area contributed by atoms with Crippen LogP contribution < -0.4 is 10.6 Å². The highest BCUT2D eigenvalue weighted by Gasteiger charge is 2.59. The molecule has 0 spiro atoms. The van der Waals surface area contributed by atoms with Gasteiger partial charge in [0.2, 0.25) is 0 Å². The number of para-hydroxylation sites is 2. The third-order valence-electron chi connectivity index (χ3n) is 15.3. The Hall–Kier alpha value is -5.52. The van der Waals surface area contributed by atoms with Crippen LogP contribution in [0.25, 0.3) is 27.5 Å². The maximum Gasteiger partial charge on any atom is 0.144 e. The molecule has 2 N–H and O–H groups in total. The Morgan fingerprint density at radius 3 is 2.36 bits per heavy atom. The molecule has 0 radical (unpaired) electrons. The van der Waals surface area contributed by atoms with Crippen LogP contribution in [-0.4, -0.2) is 27.7 Å². The summed E-state index contributed by atoms with van der Waals surface area (Å²) in [5.41, 5.74) is 17.8. The van der Waals surface area contributed by atoms with E-state index in [0.29, 0.717) is 17.9 Å². The number of amidine groups is 1. The standard InChI is InChI=1S/C54H55N5/c1-35-26-27-39(51-36(2)54(55,41-18-9-5-10-19-41)57-52(56-51)37-16-7-4-8-17-37)33-50(35)59-49-25-15-23-44(49)46-30-28-40(34-53(46,59)3)38-29-31-48-45(32-38)43-22-13-14-24-47(43)58(48)42-20-11-6-12-21-42/h4-14,16,18-22,24,26-27,29,31-33,36-37,40,44,46,49H,15,17,23,25,28,30,34,55H2,1-3H3. The third-order valence-corrected chi connectivity index (χ3v) is 15.3. The first kappa shape index (κ1) is 36.6. The number of allylic oxidation sites excluding steroid dienone is 3. The van der Waals surface area contributed by atoms with E-state index < -0.39 is 5.66 Å². The summed E-state index contributed by atoms with van der Waals surface area (Å²) >= 11 is 0. The summed E-state index contributed by atoms with van der Waals surface area (Å²) in [6, 6.07) is 45.3. The number of anilines is 1. The van der Waals surface area contributed by atoms with Crippen molar-refractivity contribution in [1.29, 1.82) is 0 Å². The Morgan fingerprint density at radius 2 is 1.54 bits per heavy atom. The van der Waals surface area contributed by atoms with Gasteiger partial charge in [0.1, 0.15) is 11.5 Å². The van der Waals surface area contributed by atoms with Gasteiger partial charge in [-0.2, -0.15) is 0 Å². The second-order valence-corrected chi connectivity index (χ2v) is 18.5. The van der Waals surface area contributed by atoms with Gasteiger partial charge in [0, 0.05) is 45.6 Å². The maximum atomic E-state index is 7.46. The Balaban J connectivity index is 0.984. The first-order valence-electron chi connectivity index (χ1n) is 22.2. The van der Waals surface area contributed by atoms with Crippen molar-refractivity contribution in [1.82, 2.24) is 4.57 Å². The van der Waals surface area contributed by atoms with Crippen LogP contribution in [-0.2, 0) is 5.66 Å². The Morgan fingerprint density at radius 1 is 0.763 bits per heavy atom. The van der Waals surface area contributed by atoms with Crippen LogP contribution in [0, 0.1) is 30.6 Å². The number of aromatic nitrogens is 1. The average molecular weight is 774 g/mol. The van der Waals surface area contributed by atoms with Gasteiger partial charge in [0.05, 0.1) is 16.7 Å². The summed E-state index contributed by atoms with van der Waals surface area (Å²) in [7, 11) is 0. The van der Waals surface area contributed by atoms with Gasteiger partial charge in [-0.15, -0.1) is 0 Å². The molecule has 0 amide bonds. The van der Waals surface area contributed by atoms with E-state index in [9.17, 15) is 0 Å². The lowest BCUT2D eigenvalue weighted by molar-refractivity contribution is 0.180. The summed E-state index contributed by atoms with van der Waals surface area (Å²) in [5, 5.41) is 2.68. The second kappa shape index (κ2) is 14.1. The van der Waals surface area contributed by atoms with Gasteiger partial charge in [-0.1, -0.05) is 123 Å². The topological polar surface area (TPSA) is 58.9 Å². The van der Waals surface area contributed by atoms with E-state index in [2.05, 4.69) is 176 Å². The molecule has 1 aromatic heterocycles. The van der Waals surface area contributed by atoms with Gasteiger partial charge >= 0.3 is 0 Å². The fourth-order valence-electron chi connectivity index (χ4n) is 12.4. The monoisotopic (exact) mass is 773 g/mol. The van der Waals surface area contributed by atoms with Gasteiger partial charge in [0.15, 0.2) is 0 Å². The molecule has 5 aliphatic rings. The minimum absolute atomic E-state index is 0.0442. The number of fused-ring (bicyclic) bond motifs is 6. The summed E-state index contributed by atoms with van der Waals surface area (Å²) in [4.78, 5) is 13.7. The fraction of sp³-hybridized carbons (Fsp3) is 0.333. The lowest BCUT2D eigenvalue weighted by Crippen LogP contribution is -2.51. The Labute approximate surface area is 349 Å². The zero-order chi connectivity index (χ0) is 39.9. The predicted molar refractivity (Wildman–Crippen MR) is 246 cm³/mol. The zero-order valence-corrected chi connectivity index (χ0v) is 34.6. The fourth-order valence-corrected chi connectivity index (χ4v) is 12.4. The Kier molecular flexibility index (Phi) is 8.71. The predicted octanol–water partition coefficient (Wildman–Crippen LogP) is 12.2. The zero-order valence-electron chi connectivity index (χ0n) is 34.6. The van der Waals surface area contributed by atoms with Gasteiger partial charge in [0.25, 0.3) is 0 Å². The van der Waals surface area contributed by atoms with Crippen molar-refractivity contribution in [2.75, 3.05) is 4.90 Å². The largest absolute Gasteiger partial charge is 0.362 e. The van der Waals surface area contributed by atoms with Crippen molar-refractivity contribution in [3.8, 4) is 5.69 Å². The number of rotatable bonds is 6. The minimum Gasteiger partial charge on any atom is -0.362 e. The van der Waals surface area contributed by atoms with E-state index in [0.717, 1.165) is 35.9 Å². The molecule has 59 heavy (non-hydrogen) atoms. The maximum absolute atomic E-state index is 7.46. The summed E-state index contributed by atoms with van der Waals surface area (Å²) in [6.45, 7) is 7.18. The third kappa shape index (κ3) is 5.75. The highest BCUT2D eigenvalue weighted by molar-refractivity contribution is 6.12. The molecule has 5 heteroatoms. The van der Waals surface area contributed by atoms with E-state index in [4.69, 9.17) is 15.7 Å². The molecule has 5 aromatic carbocycles. The van der Waals surface area contributed by atoms with Crippen molar-refractivity contribution in [2.24, 2.45) is 39.4 Å². The molecule has 3 fully saturated rings. The average Bonchev–Trinajstić information content (AvgIpc) is 3.95. The van der Waals surface area contributed by atoms with Gasteiger partial charge in [-0.05, 0) is 129 Å². The van der Waals surface area contributed by atoms with Crippen LogP contribution >= 0.6 is 0 Å². The van der Waals surface area contributed by atoms with Crippen LogP contribution in [0.5, 0.6) is 0 Å². The molecule has 2 aliphatic heterocycles. The van der Waals surface area contributed by atoms with Crippen LogP contribution in [0.3, 0.4) is 0 Å². The summed E-state index contributed by atoms with van der Waals surface area (Å²) in [5.74, 6) is 2.73. The SMILES string of the molecule is Cc1ccc(C2=NC(C3C=CC=CC3)=NC(N)(c3ccccc3)C2C)cc1N1C2CCCC2C2CCC(c3ccc4c(c3)c3ccccc3n4-c3ccccc3)CC21C. The Bertz CT molecular complexity index is 2700. The van der Waals surface area contributed by atoms with Crippen LogP contribution in [0.2, 0.25) is 0 Å². The smallest absolute Gasteiger partial charge is 0.144 e. The van der Waals surface area contributed by atoms with Crippen LogP contribution in [0.1, 0.15) is 87.0 Å². The van der Waals surface area contributed by atoms with E-state index in [1.54, 1.807) is 0 Å². The van der Waals surface area contributed by atoms with E-state index in [-0.39, 0.29) is 17.4 Å². The molecule has 6 aromatic rings. The van der Waals surface area contributed by atoms with Crippen molar-refractivity contribution in [3.05, 3.63) is 168 Å². The molecule has 11 rings (SSSR count). The number of nitrogens with two attached hydrogens (primary N) is 1. The summed E-state index contributed by atoms with van der Waals surface area (Å²) in [6.07, 6.45) is 17.2. The molecule has 5 nitrogen and oxygen atoms in total. The number of aryl methyl sites for hydroxylation is 1. The number of nitrogens with zero attached hydrogens (tertiary/aromatic N) is 4. The molecular formula is C54H55N5. The first-order valence-corrected chi connectivity index (χ1v) is 22.2. The molecular weight excluding hydrogens is 719 g/mol. The first-order chi connectivity index (χ1) is 28.8. The molecule has 3 heterocycles.